The first-order valence-electron chi connectivity index (χ1n) is 7.71. The second kappa shape index (κ2) is 6.88. The summed E-state index contributed by atoms with van der Waals surface area (Å²) in [6.45, 7) is -0.758. The molecule has 1 aliphatic rings. The molecule has 0 unspecified atom stereocenters. The third-order valence-electron chi connectivity index (χ3n) is 4.01. The molecule has 1 saturated heterocycles. The highest BCUT2D eigenvalue weighted by Crippen LogP contribution is 2.32. The molecule has 2 aromatic carbocycles. The Labute approximate surface area is 143 Å². The summed E-state index contributed by atoms with van der Waals surface area (Å²) in [5.41, 5.74) is 1.16. The smallest absolute Gasteiger partial charge is 0.387 e. The van der Waals surface area contributed by atoms with Gasteiger partial charge in [-0.1, -0.05) is 18.2 Å². The normalized spacial score (nSPS) is 17.3. The van der Waals surface area contributed by atoms with Crippen LogP contribution in [0.3, 0.4) is 0 Å². The van der Waals surface area contributed by atoms with Crippen LogP contribution < -0.4 is 14.5 Å². The van der Waals surface area contributed by atoms with Gasteiger partial charge in [-0.3, -0.25) is 14.6 Å². The maximum absolute atomic E-state index is 12.8. The molecule has 25 heavy (non-hydrogen) atoms. The quantitative estimate of drug-likeness (QED) is 0.771. The lowest BCUT2D eigenvalue weighted by Gasteiger charge is -2.21. The molecule has 1 heterocycles. The van der Waals surface area contributed by atoms with Crippen molar-refractivity contribution in [2.45, 2.75) is 19.6 Å². The molecule has 7 heteroatoms. The second-order valence-electron chi connectivity index (χ2n) is 5.67. The van der Waals surface area contributed by atoms with E-state index in [1.807, 2.05) is 37.3 Å². The zero-order chi connectivity index (χ0) is 18.0. The van der Waals surface area contributed by atoms with Gasteiger partial charge < -0.3 is 4.74 Å². The molecule has 3 rings (SSSR count). The number of halogens is 2. The topological polar surface area (TPSA) is 49.9 Å². The Kier molecular flexibility index (Phi) is 4.65. The lowest BCUT2D eigenvalue weighted by atomic mass is 10.2. The molecule has 5 nitrogen and oxygen atoms in total. The Morgan fingerprint density at radius 2 is 1.88 bits per heavy atom. The van der Waals surface area contributed by atoms with Crippen LogP contribution in [-0.4, -0.2) is 31.5 Å². The zero-order valence-electron chi connectivity index (χ0n) is 13.4. The molecule has 0 bridgehead atoms. The summed E-state index contributed by atoms with van der Waals surface area (Å²) >= 11 is 0. The third-order valence-corrected chi connectivity index (χ3v) is 4.01. The summed E-state index contributed by atoms with van der Waals surface area (Å²) in [7, 11) is 0. The van der Waals surface area contributed by atoms with Crippen LogP contribution in [0.25, 0.3) is 0 Å². The Morgan fingerprint density at radius 1 is 1.16 bits per heavy atom. The van der Waals surface area contributed by atoms with Crippen molar-refractivity contribution >= 4 is 23.7 Å². The predicted octanol–water partition coefficient (Wildman–Crippen LogP) is 3.94. The number of benzene rings is 2. The summed E-state index contributed by atoms with van der Waals surface area (Å²) in [4.78, 5) is 26.9. The molecule has 1 fully saturated rings. The zero-order valence-corrected chi connectivity index (χ0v) is 13.4. The fourth-order valence-electron chi connectivity index (χ4n) is 2.90. The minimum Gasteiger partial charge on any atom is -0.434 e. The fraction of sp³-hybridized carbons (Fsp3) is 0.222. The Morgan fingerprint density at radius 3 is 2.52 bits per heavy atom. The number of rotatable bonds is 5. The summed E-state index contributed by atoms with van der Waals surface area (Å²) in [5.74, 6) is -0.249. The van der Waals surface area contributed by atoms with E-state index in [-0.39, 0.29) is 23.4 Å². The molecule has 0 spiro atoms. The number of aldehydes is 1. The molecule has 0 radical (unpaired) electrons. The number of anilines is 2. The highest BCUT2D eigenvalue weighted by Gasteiger charge is 2.36. The van der Waals surface area contributed by atoms with Gasteiger partial charge in [-0.2, -0.15) is 8.78 Å². The van der Waals surface area contributed by atoms with Gasteiger partial charge in [0.05, 0.1) is 11.6 Å². The molecule has 2 amide bonds. The van der Waals surface area contributed by atoms with E-state index in [4.69, 9.17) is 0 Å². The highest BCUT2D eigenvalue weighted by atomic mass is 19.3. The number of amides is 2. The van der Waals surface area contributed by atoms with Gasteiger partial charge in [0.15, 0.2) is 6.29 Å². The minimum atomic E-state index is -3.05. The maximum atomic E-state index is 12.8. The van der Waals surface area contributed by atoms with E-state index < -0.39 is 6.61 Å². The first-order valence-corrected chi connectivity index (χ1v) is 7.71. The number of urea groups is 1. The lowest BCUT2D eigenvalue weighted by Crippen LogP contribution is -2.33. The van der Waals surface area contributed by atoms with Crippen LogP contribution in [0.1, 0.15) is 17.3 Å². The molecule has 2 aromatic rings. The number of para-hydroxylation sites is 1. The average Bonchev–Trinajstić information content (AvgIpc) is 2.89. The summed E-state index contributed by atoms with van der Waals surface area (Å²) in [5, 5.41) is 0. The van der Waals surface area contributed by atoms with E-state index >= 15 is 0 Å². The number of ether oxygens (including phenoxy) is 1. The summed E-state index contributed by atoms with van der Waals surface area (Å²) < 4.78 is 29.5. The van der Waals surface area contributed by atoms with Crippen LogP contribution in [0.4, 0.5) is 25.0 Å². The van der Waals surface area contributed by atoms with Crippen molar-refractivity contribution in [3.05, 3.63) is 54.1 Å². The van der Waals surface area contributed by atoms with Crippen LogP contribution in [0.2, 0.25) is 0 Å². The van der Waals surface area contributed by atoms with Gasteiger partial charge in [0.25, 0.3) is 0 Å². The van der Waals surface area contributed by atoms with Gasteiger partial charge in [0.2, 0.25) is 0 Å². The highest BCUT2D eigenvalue weighted by molar-refractivity contribution is 6.07. The Hall–Kier alpha value is -2.96. The first-order chi connectivity index (χ1) is 12.0. The molecular weight excluding hydrogens is 330 g/mol. The van der Waals surface area contributed by atoms with Gasteiger partial charge >= 0.3 is 12.6 Å². The third kappa shape index (κ3) is 3.31. The molecule has 130 valence electrons. The van der Waals surface area contributed by atoms with Crippen LogP contribution in [0.15, 0.2) is 48.5 Å². The van der Waals surface area contributed by atoms with E-state index in [2.05, 4.69) is 4.74 Å². The van der Waals surface area contributed by atoms with E-state index in [0.717, 1.165) is 5.69 Å². The molecule has 0 saturated carbocycles. The van der Waals surface area contributed by atoms with Crippen molar-refractivity contribution in [2.75, 3.05) is 16.3 Å². The van der Waals surface area contributed by atoms with Crippen molar-refractivity contribution < 1.29 is 23.1 Å². The van der Waals surface area contributed by atoms with Crippen molar-refractivity contribution in [1.82, 2.24) is 0 Å². The number of hydrogen-bond acceptors (Lipinski definition) is 3. The fourth-order valence-corrected chi connectivity index (χ4v) is 2.90. The van der Waals surface area contributed by atoms with Gasteiger partial charge in [-0.15, -0.1) is 0 Å². The molecule has 1 aliphatic heterocycles. The van der Waals surface area contributed by atoms with Crippen molar-refractivity contribution in [2.24, 2.45) is 0 Å². The van der Waals surface area contributed by atoms with Crippen molar-refractivity contribution in [3.63, 3.8) is 0 Å². The molecule has 0 aromatic heterocycles. The Balaban J connectivity index is 1.92. The molecule has 1 atom stereocenters. The van der Waals surface area contributed by atoms with Crippen LogP contribution >= 0.6 is 0 Å². The Bertz CT molecular complexity index is 783. The average molecular weight is 346 g/mol. The summed E-state index contributed by atoms with van der Waals surface area (Å²) in [6, 6.07) is 13.0. The molecule has 0 N–H and O–H groups in total. The van der Waals surface area contributed by atoms with Crippen LogP contribution in [0.5, 0.6) is 5.75 Å². The van der Waals surface area contributed by atoms with E-state index in [1.54, 1.807) is 11.0 Å². The standard InChI is InChI=1S/C18H16F2N2O3/c1-12-10-21(18(24)22(12)14-5-3-2-4-6-14)15-8-7-13(11-23)16(9-15)25-17(19)20/h2-9,11-12,17H,10H2,1H3/t12-/m0/s1. The van der Waals surface area contributed by atoms with Crippen LogP contribution in [0, 0.1) is 0 Å². The molecule has 0 aliphatic carbocycles. The second-order valence-corrected chi connectivity index (χ2v) is 5.67. The SMILES string of the molecule is C[C@H]1CN(c2ccc(C=O)c(OC(F)F)c2)C(=O)N1c1ccccc1. The number of nitrogens with zero attached hydrogens (tertiary/aromatic N) is 2. The van der Waals surface area contributed by atoms with E-state index in [9.17, 15) is 18.4 Å². The van der Waals surface area contributed by atoms with Gasteiger partial charge in [-0.05, 0) is 31.2 Å². The minimum absolute atomic E-state index is 0.00339. The molecular formula is C18H16F2N2O3. The van der Waals surface area contributed by atoms with Gasteiger partial charge in [-0.25, -0.2) is 4.79 Å². The van der Waals surface area contributed by atoms with Crippen molar-refractivity contribution in [1.29, 1.82) is 0 Å². The largest absolute Gasteiger partial charge is 0.434 e. The monoisotopic (exact) mass is 346 g/mol. The number of alkyl halides is 2. The van der Waals surface area contributed by atoms with E-state index in [1.165, 1.54) is 17.0 Å². The van der Waals surface area contributed by atoms with Gasteiger partial charge in [0.1, 0.15) is 5.75 Å². The predicted molar refractivity (Wildman–Crippen MR) is 89.6 cm³/mol. The van der Waals surface area contributed by atoms with Crippen molar-refractivity contribution in [3.8, 4) is 5.75 Å². The number of carbonyl (C=O) groups is 2. The number of carbonyl (C=O) groups excluding carboxylic acids is 2. The van der Waals surface area contributed by atoms with Gasteiger partial charge in [0, 0.05) is 24.0 Å². The van der Waals surface area contributed by atoms with E-state index in [0.29, 0.717) is 18.5 Å². The van der Waals surface area contributed by atoms with Crippen LogP contribution in [-0.2, 0) is 0 Å². The number of hydrogen-bond donors (Lipinski definition) is 0. The maximum Gasteiger partial charge on any atom is 0.387 e. The summed E-state index contributed by atoms with van der Waals surface area (Å²) in [6.07, 6.45) is 0.437. The first kappa shape index (κ1) is 16.9. The lowest BCUT2D eigenvalue weighted by molar-refractivity contribution is -0.0500.